The van der Waals surface area contributed by atoms with Crippen LogP contribution >= 0.6 is 0 Å². The molecule has 122 valence electrons. The van der Waals surface area contributed by atoms with Gasteiger partial charge in [0.25, 0.3) is 5.91 Å². The molecule has 23 heavy (non-hydrogen) atoms. The molecular formula is C17H22N4O2. The van der Waals surface area contributed by atoms with Crippen LogP contribution in [0.5, 0.6) is 0 Å². The molecule has 6 nitrogen and oxygen atoms in total. The first-order valence-electron chi connectivity index (χ1n) is 7.89. The molecule has 1 amide bonds. The van der Waals surface area contributed by atoms with Gasteiger partial charge in [-0.25, -0.2) is 4.68 Å². The van der Waals surface area contributed by atoms with Crippen molar-refractivity contribution in [3.8, 4) is 5.69 Å². The maximum atomic E-state index is 11.3. The van der Waals surface area contributed by atoms with Gasteiger partial charge in [-0.05, 0) is 31.2 Å². The van der Waals surface area contributed by atoms with Crippen molar-refractivity contribution in [3.05, 3.63) is 47.3 Å². The number of nitrogens with zero attached hydrogens (tertiary/aromatic N) is 3. The molecule has 0 bridgehead atoms. The summed E-state index contributed by atoms with van der Waals surface area (Å²) in [6.07, 6.45) is 1.92. The van der Waals surface area contributed by atoms with Gasteiger partial charge < -0.3 is 10.5 Å². The summed E-state index contributed by atoms with van der Waals surface area (Å²) in [4.78, 5) is 13.7. The maximum absolute atomic E-state index is 11.3. The van der Waals surface area contributed by atoms with Gasteiger partial charge >= 0.3 is 0 Å². The number of carbonyl (C=O) groups is 1. The molecule has 2 aromatic rings. The molecule has 1 aromatic carbocycles. The normalized spacial score (nSPS) is 19.0. The second-order valence-corrected chi connectivity index (χ2v) is 5.81. The average Bonchev–Trinajstić information content (AvgIpc) is 2.97. The summed E-state index contributed by atoms with van der Waals surface area (Å²) >= 11 is 0. The number of ether oxygens (including phenoxy) is 1. The van der Waals surface area contributed by atoms with Crippen LogP contribution in [0.3, 0.4) is 0 Å². The summed E-state index contributed by atoms with van der Waals surface area (Å²) in [6.45, 7) is 7.71. The van der Waals surface area contributed by atoms with Crippen LogP contribution in [-0.4, -0.2) is 46.8 Å². The first kappa shape index (κ1) is 15.7. The van der Waals surface area contributed by atoms with Crippen LogP contribution in [0.25, 0.3) is 5.69 Å². The van der Waals surface area contributed by atoms with Gasteiger partial charge in [0.2, 0.25) is 0 Å². The number of primary amides is 1. The van der Waals surface area contributed by atoms with Crippen LogP contribution in [0.15, 0.2) is 30.5 Å². The SMILES string of the molecule is CCN1CCO[C@@H](c2ccc(-n3cc(C)c(C(N)=O)n3)cc2)C1. The van der Waals surface area contributed by atoms with Gasteiger partial charge in [-0.3, -0.25) is 9.69 Å². The Morgan fingerprint density at radius 2 is 2.13 bits per heavy atom. The Bertz CT molecular complexity index is 693. The third-order valence-electron chi connectivity index (χ3n) is 4.26. The summed E-state index contributed by atoms with van der Waals surface area (Å²) < 4.78 is 7.55. The Morgan fingerprint density at radius 1 is 1.39 bits per heavy atom. The minimum atomic E-state index is -0.506. The summed E-state index contributed by atoms with van der Waals surface area (Å²) in [5.41, 5.74) is 8.45. The lowest BCUT2D eigenvalue weighted by Gasteiger charge is -2.32. The van der Waals surface area contributed by atoms with Gasteiger partial charge in [-0.2, -0.15) is 5.10 Å². The molecule has 1 atom stereocenters. The number of hydrogen-bond acceptors (Lipinski definition) is 4. The van der Waals surface area contributed by atoms with Crippen LogP contribution in [0, 0.1) is 6.92 Å². The second kappa shape index (κ2) is 6.52. The number of hydrogen-bond donors (Lipinski definition) is 1. The fourth-order valence-electron chi connectivity index (χ4n) is 2.87. The van der Waals surface area contributed by atoms with Crippen molar-refractivity contribution in [3.63, 3.8) is 0 Å². The lowest BCUT2D eigenvalue weighted by molar-refractivity contribution is -0.0281. The van der Waals surface area contributed by atoms with E-state index in [0.717, 1.165) is 43.1 Å². The van der Waals surface area contributed by atoms with E-state index >= 15 is 0 Å². The Morgan fingerprint density at radius 3 is 2.74 bits per heavy atom. The fourth-order valence-corrected chi connectivity index (χ4v) is 2.87. The van der Waals surface area contributed by atoms with Gasteiger partial charge in [0.15, 0.2) is 5.69 Å². The first-order valence-corrected chi connectivity index (χ1v) is 7.89. The molecular weight excluding hydrogens is 292 g/mol. The number of aromatic nitrogens is 2. The zero-order valence-electron chi connectivity index (χ0n) is 13.5. The van der Waals surface area contributed by atoms with Crippen LogP contribution in [0.4, 0.5) is 0 Å². The van der Waals surface area contributed by atoms with Crippen molar-refractivity contribution in [2.24, 2.45) is 5.73 Å². The molecule has 0 saturated carbocycles. The number of rotatable bonds is 4. The zero-order chi connectivity index (χ0) is 16.4. The van der Waals surface area contributed by atoms with Crippen molar-refractivity contribution >= 4 is 5.91 Å². The maximum Gasteiger partial charge on any atom is 0.269 e. The van der Waals surface area contributed by atoms with Crippen LogP contribution in [0.1, 0.15) is 34.6 Å². The number of likely N-dealkylation sites (N-methyl/N-ethyl adjacent to an activating group) is 1. The van der Waals surface area contributed by atoms with E-state index in [1.807, 2.05) is 25.3 Å². The number of carbonyl (C=O) groups excluding carboxylic acids is 1. The molecule has 0 radical (unpaired) electrons. The largest absolute Gasteiger partial charge is 0.371 e. The Hall–Kier alpha value is -2.18. The Labute approximate surface area is 135 Å². The van der Waals surface area contributed by atoms with Gasteiger partial charge in [0.05, 0.1) is 18.4 Å². The van der Waals surface area contributed by atoms with E-state index in [0.29, 0.717) is 5.69 Å². The van der Waals surface area contributed by atoms with E-state index in [2.05, 4.69) is 29.1 Å². The molecule has 0 spiro atoms. The second-order valence-electron chi connectivity index (χ2n) is 5.81. The average molecular weight is 314 g/mol. The van der Waals surface area contributed by atoms with E-state index in [9.17, 15) is 4.79 Å². The van der Waals surface area contributed by atoms with Crippen molar-refractivity contribution in [2.75, 3.05) is 26.2 Å². The van der Waals surface area contributed by atoms with E-state index in [4.69, 9.17) is 10.5 Å². The van der Waals surface area contributed by atoms with E-state index < -0.39 is 5.91 Å². The molecule has 1 saturated heterocycles. The Kier molecular flexibility index (Phi) is 4.45. The summed E-state index contributed by atoms with van der Waals surface area (Å²) in [5, 5.41) is 4.25. The highest BCUT2D eigenvalue weighted by Crippen LogP contribution is 2.23. The lowest BCUT2D eigenvalue weighted by atomic mass is 10.1. The van der Waals surface area contributed by atoms with E-state index in [1.165, 1.54) is 0 Å². The highest BCUT2D eigenvalue weighted by Gasteiger charge is 2.21. The minimum absolute atomic E-state index is 0.110. The summed E-state index contributed by atoms with van der Waals surface area (Å²) in [6, 6.07) is 8.09. The number of benzene rings is 1. The number of morpholine rings is 1. The van der Waals surface area contributed by atoms with Crippen LogP contribution in [-0.2, 0) is 4.74 Å². The highest BCUT2D eigenvalue weighted by molar-refractivity contribution is 5.92. The summed E-state index contributed by atoms with van der Waals surface area (Å²) in [5.74, 6) is -0.506. The standard InChI is InChI=1S/C17H22N4O2/c1-3-20-8-9-23-15(11-20)13-4-6-14(7-5-13)21-10-12(2)16(19-21)17(18)22/h4-7,10,15H,3,8-9,11H2,1-2H3,(H2,18,22)/t15-/m1/s1. The van der Waals surface area contributed by atoms with E-state index in [-0.39, 0.29) is 6.10 Å². The topological polar surface area (TPSA) is 73.4 Å². The highest BCUT2D eigenvalue weighted by atomic mass is 16.5. The van der Waals surface area contributed by atoms with Gasteiger partial charge in [-0.15, -0.1) is 0 Å². The molecule has 1 aliphatic rings. The predicted octanol–water partition coefficient (Wildman–Crippen LogP) is 1.67. The third kappa shape index (κ3) is 3.28. The number of amides is 1. The molecule has 2 heterocycles. The molecule has 3 rings (SSSR count). The first-order chi connectivity index (χ1) is 11.1. The molecule has 6 heteroatoms. The third-order valence-corrected chi connectivity index (χ3v) is 4.26. The van der Waals surface area contributed by atoms with Crippen LogP contribution in [0.2, 0.25) is 0 Å². The molecule has 2 N–H and O–H groups in total. The van der Waals surface area contributed by atoms with Gasteiger partial charge in [0.1, 0.15) is 0 Å². The predicted molar refractivity (Wildman–Crippen MR) is 87.6 cm³/mol. The van der Waals surface area contributed by atoms with Crippen molar-refractivity contribution in [1.29, 1.82) is 0 Å². The zero-order valence-corrected chi connectivity index (χ0v) is 13.5. The minimum Gasteiger partial charge on any atom is -0.371 e. The number of nitrogens with two attached hydrogens (primary N) is 1. The monoisotopic (exact) mass is 314 g/mol. The summed E-state index contributed by atoms with van der Waals surface area (Å²) in [7, 11) is 0. The van der Waals surface area contributed by atoms with Gasteiger partial charge in [-0.1, -0.05) is 19.1 Å². The quantitative estimate of drug-likeness (QED) is 0.932. The van der Waals surface area contributed by atoms with Crippen LogP contribution < -0.4 is 5.73 Å². The van der Waals surface area contributed by atoms with Crippen molar-refractivity contribution in [1.82, 2.24) is 14.7 Å². The van der Waals surface area contributed by atoms with Gasteiger partial charge in [0, 0.05) is 24.8 Å². The molecule has 0 aliphatic carbocycles. The van der Waals surface area contributed by atoms with Crippen molar-refractivity contribution in [2.45, 2.75) is 20.0 Å². The lowest BCUT2D eigenvalue weighted by Crippen LogP contribution is -2.38. The van der Waals surface area contributed by atoms with E-state index in [1.54, 1.807) is 4.68 Å². The fraction of sp³-hybridized carbons (Fsp3) is 0.412. The smallest absolute Gasteiger partial charge is 0.269 e. The molecule has 0 unspecified atom stereocenters. The van der Waals surface area contributed by atoms with Crippen molar-refractivity contribution < 1.29 is 9.53 Å². The molecule has 1 aliphatic heterocycles. The number of aryl methyl sites for hydroxylation is 1. The molecule has 1 aromatic heterocycles. The molecule has 1 fully saturated rings. The Balaban J connectivity index is 1.79.